The number of hydrogen-bond acceptors (Lipinski definition) is 3. The predicted octanol–water partition coefficient (Wildman–Crippen LogP) is 2.76. The number of hydrogen-bond donors (Lipinski definition) is 2. The molecule has 0 bridgehead atoms. The Bertz CT molecular complexity index is 840. The molecule has 1 aliphatic heterocycles. The summed E-state index contributed by atoms with van der Waals surface area (Å²) in [6, 6.07) is 6.12. The number of imidazole rings is 1. The van der Waals surface area contributed by atoms with Gasteiger partial charge in [-0.1, -0.05) is 6.07 Å². The van der Waals surface area contributed by atoms with Gasteiger partial charge >= 0.3 is 5.97 Å². The SMILES string of the molecule is Cc1ccc2nc(C[C@H]3CN(C(=O)C4CC4)CC[C@H]3CC(=O)O)[nH]c2c1. The third-order valence-electron chi connectivity index (χ3n) is 5.71. The largest absolute Gasteiger partial charge is 0.481 e. The molecule has 2 aromatic rings. The number of benzene rings is 1. The predicted molar refractivity (Wildman–Crippen MR) is 97.7 cm³/mol. The van der Waals surface area contributed by atoms with E-state index in [-0.39, 0.29) is 30.1 Å². The van der Waals surface area contributed by atoms with E-state index in [9.17, 15) is 14.7 Å². The highest BCUT2D eigenvalue weighted by Gasteiger charge is 2.38. The summed E-state index contributed by atoms with van der Waals surface area (Å²) in [5.41, 5.74) is 3.12. The number of carboxylic acids is 1. The molecule has 6 nitrogen and oxygen atoms in total. The van der Waals surface area contributed by atoms with Crippen LogP contribution in [0.25, 0.3) is 11.0 Å². The summed E-state index contributed by atoms with van der Waals surface area (Å²) in [5, 5.41) is 9.26. The molecule has 1 aliphatic carbocycles. The van der Waals surface area contributed by atoms with Crippen LogP contribution in [0.3, 0.4) is 0 Å². The van der Waals surface area contributed by atoms with E-state index in [2.05, 4.69) is 16.0 Å². The fourth-order valence-electron chi connectivity index (χ4n) is 4.12. The van der Waals surface area contributed by atoms with Gasteiger partial charge in [0.05, 0.1) is 11.0 Å². The second kappa shape index (κ2) is 6.74. The molecule has 2 aliphatic rings. The van der Waals surface area contributed by atoms with Gasteiger partial charge in [-0.3, -0.25) is 9.59 Å². The summed E-state index contributed by atoms with van der Waals surface area (Å²) in [6.45, 7) is 3.37. The van der Waals surface area contributed by atoms with Crippen LogP contribution in [0, 0.1) is 24.7 Å². The number of fused-ring (bicyclic) bond motifs is 1. The molecule has 2 heterocycles. The van der Waals surface area contributed by atoms with Gasteiger partial charge < -0.3 is 15.0 Å². The lowest BCUT2D eigenvalue weighted by atomic mass is 9.81. The van der Waals surface area contributed by atoms with E-state index in [0.29, 0.717) is 19.5 Å². The Balaban J connectivity index is 1.53. The van der Waals surface area contributed by atoms with E-state index in [0.717, 1.165) is 36.1 Å². The molecule has 0 unspecified atom stereocenters. The number of aliphatic carboxylic acids is 1. The number of piperidine rings is 1. The molecule has 1 saturated heterocycles. The molecule has 1 saturated carbocycles. The van der Waals surface area contributed by atoms with Gasteiger partial charge in [0.1, 0.15) is 5.82 Å². The van der Waals surface area contributed by atoms with Crippen molar-refractivity contribution in [2.24, 2.45) is 17.8 Å². The second-order valence-electron chi connectivity index (χ2n) is 7.87. The minimum absolute atomic E-state index is 0.0886. The Hall–Kier alpha value is -2.37. The maximum Gasteiger partial charge on any atom is 0.303 e. The monoisotopic (exact) mass is 355 g/mol. The molecule has 1 amide bonds. The summed E-state index contributed by atoms with van der Waals surface area (Å²) >= 11 is 0. The standard InChI is InChI=1S/C20H25N3O3/c1-12-2-5-16-17(8-12)22-18(21-16)9-15-11-23(20(26)13-3-4-13)7-6-14(15)10-19(24)25/h2,5,8,13-15H,3-4,6-7,9-11H2,1H3,(H,21,22)(H,24,25)/t14-,15-/m0/s1. The number of rotatable bonds is 5. The number of nitrogens with one attached hydrogen (secondary N) is 1. The summed E-state index contributed by atoms with van der Waals surface area (Å²) in [7, 11) is 0. The van der Waals surface area contributed by atoms with E-state index in [1.807, 2.05) is 24.0 Å². The smallest absolute Gasteiger partial charge is 0.303 e. The highest BCUT2D eigenvalue weighted by molar-refractivity contribution is 5.81. The molecule has 6 heteroatoms. The van der Waals surface area contributed by atoms with Gasteiger partial charge in [-0.2, -0.15) is 0 Å². The Morgan fingerprint density at radius 3 is 2.81 bits per heavy atom. The number of carbonyl (C=O) groups excluding carboxylic acids is 1. The van der Waals surface area contributed by atoms with Gasteiger partial charge in [0.25, 0.3) is 0 Å². The fourth-order valence-corrected chi connectivity index (χ4v) is 4.12. The lowest BCUT2D eigenvalue weighted by Gasteiger charge is -2.38. The Morgan fingerprint density at radius 2 is 2.08 bits per heavy atom. The molecule has 1 aromatic carbocycles. The van der Waals surface area contributed by atoms with Crippen molar-refractivity contribution in [2.75, 3.05) is 13.1 Å². The zero-order valence-electron chi connectivity index (χ0n) is 15.1. The van der Waals surface area contributed by atoms with Gasteiger partial charge in [0.2, 0.25) is 5.91 Å². The normalized spacial score (nSPS) is 23.3. The molecule has 138 valence electrons. The van der Waals surface area contributed by atoms with Crippen molar-refractivity contribution in [2.45, 2.75) is 39.0 Å². The van der Waals surface area contributed by atoms with Crippen LogP contribution in [0.4, 0.5) is 0 Å². The Labute approximate surface area is 152 Å². The first kappa shape index (κ1) is 17.1. The number of amides is 1. The summed E-state index contributed by atoms with van der Waals surface area (Å²) in [5.74, 6) is 0.800. The highest BCUT2D eigenvalue weighted by atomic mass is 16.4. The number of aromatic amines is 1. The number of aryl methyl sites for hydroxylation is 1. The van der Waals surface area contributed by atoms with Gasteiger partial charge in [-0.25, -0.2) is 4.98 Å². The molecule has 26 heavy (non-hydrogen) atoms. The number of carbonyl (C=O) groups is 2. The van der Waals surface area contributed by atoms with Crippen LogP contribution in [0.1, 0.15) is 37.1 Å². The number of nitrogens with zero attached hydrogens (tertiary/aromatic N) is 2. The van der Waals surface area contributed by atoms with Crippen LogP contribution >= 0.6 is 0 Å². The van der Waals surface area contributed by atoms with Crippen LogP contribution < -0.4 is 0 Å². The van der Waals surface area contributed by atoms with Crippen molar-refractivity contribution in [1.29, 1.82) is 0 Å². The van der Waals surface area contributed by atoms with Crippen molar-refractivity contribution in [3.05, 3.63) is 29.6 Å². The van der Waals surface area contributed by atoms with Crippen LogP contribution in [-0.2, 0) is 16.0 Å². The molecule has 0 radical (unpaired) electrons. The maximum absolute atomic E-state index is 12.5. The number of H-pyrrole nitrogens is 1. The van der Waals surface area contributed by atoms with E-state index in [4.69, 9.17) is 0 Å². The first-order valence-electron chi connectivity index (χ1n) is 9.45. The number of aromatic nitrogens is 2. The van der Waals surface area contributed by atoms with Crippen LogP contribution in [-0.4, -0.2) is 44.9 Å². The molecule has 1 aromatic heterocycles. The number of likely N-dealkylation sites (tertiary alicyclic amines) is 1. The molecule has 2 N–H and O–H groups in total. The molecule has 0 spiro atoms. The molecular formula is C20H25N3O3. The maximum atomic E-state index is 12.5. The number of carboxylic acid groups (broad SMARTS) is 1. The van der Waals surface area contributed by atoms with Crippen molar-refractivity contribution in [1.82, 2.24) is 14.9 Å². The van der Waals surface area contributed by atoms with Crippen molar-refractivity contribution in [3.63, 3.8) is 0 Å². The average molecular weight is 355 g/mol. The van der Waals surface area contributed by atoms with Crippen molar-refractivity contribution >= 4 is 22.9 Å². The van der Waals surface area contributed by atoms with E-state index >= 15 is 0 Å². The lowest BCUT2D eigenvalue weighted by Crippen LogP contribution is -2.45. The van der Waals surface area contributed by atoms with E-state index in [1.54, 1.807) is 0 Å². The zero-order valence-corrected chi connectivity index (χ0v) is 15.1. The van der Waals surface area contributed by atoms with E-state index in [1.165, 1.54) is 5.56 Å². The average Bonchev–Trinajstić information content (AvgIpc) is 3.36. The first-order chi connectivity index (χ1) is 12.5. The summed E-state index contributed by atoms with van der Waals surface area (Å²) in [6.07, 6.45) is 3.60. The fraction of sp³-hybridized carbons (Fsp3) is 0.550. The van der Waals surface area contributed by atoms with Gasteiger partial charge in [0.15, 0.2) is 0 Å². The quantitative estimate of drug-likeness (QED) is 0.863. The molecule has 2 fully saturated rings. The minimum atomic E-state index is -0.762. The molecule has 2 atom stereocenters. The Kier molecular flexibility index (Phi) is 4.42. The summed E-state index contributed by atoms with van der Waals surface area (Å²) in [4.78, 5) is 33.7. The lowest BCUT2D eigenvalue weighted by molar-refractivity contribution is -0.140. The third-order valence-corrected chi connectivity index (χ3v) is 5.71. The molecular weight excluding hydrogens is 330 g/mol. The van der Waals surface area contributed by atoms with Crippen LogP contribution in [0.5, 0.6) is 0 Å². The zero-order chi connectivity index (χ0) is 18.3. The van der Waals surface area contributed by atoms with E-state index < -0.39 is 5.97 Å². The van der Waals surface area contributed by atoms with Crippen molar-refractivity contribution < 1.29 is 14.7 Å². The van der Waals surface area contributed by atoms with Crippen molar-refractivity contribution in [3.8, 4) is 0 Å². The Morgan fingerprint density at radius 1 is 1.27 bits per heavy atom. The third kappa shape index (κ3) is 3.59. The van der Waals surface area contributed by atoms with Gasteiger partial charge in [-0.05, 0) is 55.7 Å². The van der Waals surface area contributed by atoms with Crippen LogP contribution in [0.2, 0.25) is 0 Å². The highest BCUT2D eigenvalue weighted by Crippen LogP contribution is 2.35. The van der Waals surface area contributed by atoms with Gasteiger partial charge in [-0.15, -0.1) is 0 Å². The molecule has 4 rings (SSSR count). The van der Waals surface area contributed by atoms with Gasteiger partial charge in [0, 0.05) is 31.8 Å². The first-order valence-corrected chi connectivity index (χ1v) is 9.45. The minimum Gasteiger partial charge on any atom is -0.481 e. The summed E-state index contributed by atoms with van der Waals surface area (Å²) < 4.78 is 0. The van der Waals surface area contributed by atoms with Crippen LogP contribution in [0.15, 0.2) is 18.2 Å². The topological polar surface area (TPSA) is 86.3 Å². The second-order valence-corrected chi connectivity index (χ2v) is 7.87.